The zero-order valence-electron chi connectivity index (χ0n) is 10.7. The van der Waals surface area contributed by atoms with Gasteiger partial charge < -0.3 is 10.1 Å². The lowest BCUT2D eigenvalue weighted by Crippen LogP contribution is -2.42. The van der Waals surface area contributed by atoms with Crippen LogP contribution in [0.1, 0.15) is 16.8 Å². The molecule has 0 bridgehead atoms. The minimum Gasteiger partial charge on any atom is -0.467 e. The van der Waals surface area contributed by atoms with Crippen LogP contribution in [0, 0.1) is 0 Å². The SMILES string of the molecule is COC(=O)[C@H](CCSC)NC(=O)c1cncc(Br)c1. The number of carbonyl (C=O) groups is 2. The normalized spacial score (nSPS) is 11.7. The number of esters is 1. The van der Waals surface area contributed by atoms with E-state index in [9.17, 15) is 9.59 Å². The second kappa shape index (κ2) is 8.16. The van der Waals surface area contributed by atoms with Gasteiger partial charge in [0.05, 0.1) is 12.7 Å². The fourth-order valence-corrected chi connectivity index (χ4v) is 2.24. The molecule has 1 aromatic rings. The Labute approximate surface area is 124 Å². The van der Waals surface area contributed by atoms with Gasteiger partial charge in [-0.1, -0.05) is 0 Å². The van der Waals surface area contributed by atoms with E-state index >= 15 is 0 Å². The molecule has 0 unspecified atom stereocenters. The number of amides is 1. The molecule has 0 saturated heterocycles. The van der Waals surface area contributed by atoms with Crippen LogP contribution in [0.2, 0.25) is 0 Å². The number of nitrogens with zero attached hydrogens (tertiary/aromatic N) is 1. The van der Waals surface area contributed by atoms with Crippen molar-refractivity contribution in [3.8, 4) is 0 Å². The molecule has 0 aliphatic rings. The highest BCUT2D eigenvalue weighted by atomic mass is 79.9. The van der Waals surface area contributed by atoms with Crippen LogP contribution in [0.15, 0.2) is 22.9 Å². The van der Waals surface area contributed by atoms with Crippen molar-refractivity contribution in [2.24, 2.45) is 0 Å². The molecule has 0 fully saturated rings. The number of halogens is 1. The minimum atomic E-state index is -0.635. The predicted octanol–water partition coefficient (Wildman–Crippen LogP) is 1.87. The molecule has 1 N–H and O–H groups in total. The Morgan fingerprint density at radius 2 is 2.26 bits per heavy atom. The van der Waals surface area contributed by atoms with Crippen molar-refractivity contribution in [2.75, 3.05) is 19.1 Å². The number of carbonyl (C=O) groups excluding carboxylic acids is 2. The van der Waals surface area contributed by atoms with Crippen molar-refractivity contribution in [2.45, 2.75) is 12.5 Å². The second-order valence-corrected chi connectivity index (χ2v) is 5.62. The molecule has 1 aromatic heterocycles. The summed E-state index contributed by atoms with van der Waals surface area (Å²) in [5, 5.41) is 2.66. The maximum atomic E-state index is 12.0. The van der Waals surface area contributed by atoms with Gasteiger partial charge in [0.15, 0.2) is 0 Å². The van der Waals surface area contributed by atoms with Crippen LogP contribution in [0.25, 0.3) is 0 Å². The first-order valence-electron chi connectivity index (χ1n) is 5.56. The van der Waals surface area contributed by atoms with Crippen molar-refractivity contribution < 1.29 is 14.3 Å². The minimum absolute atomic E-state index is 0.342. The summed E-state index contributed by atoms with van der Waals surface area (Å²) < 4.78 is 5.39. The van der Waals surface area contributed by atoms with Gasteiger partial charge in [0.1, 0.15) is 6.04 Å². The van der Waals surface area contributed by atoms with E-state index < -0.39 is 12.0 Å². The van der Waals surface area contributed by atoms with E-state index in [-0.39, 0.29) is 5.91 Å². The molecule has 0 aliphatic carbocycles. The second-order valence-electron chi connectivity index (χ2n) is 3.72. The number of rotatable bonds is 6. The molecule has 104 valence electrons. The summed E-state index contributed by atoms with van der Waals surface area (Å²) in [6.45, 7) is 0. The van der Waals surface area contributed by atoms with Gasteiger partial charge in [-0.25, -0.2) is 4.79 Å². The highest BCUT2D eigenvalue weighted by Crippen LogP contribution is 2.10. The number of hydrogen-bond donors (Lipinski definition) is 1. The van der Waals surface area contributed by atoms with Crippen molar-refractivity contribution >= 4 is 39.6 Å². The Hall–Kier alpha value is -1.08. The first-order chi connectivity index (χ1) is 9.08. The standard InChI is InChI=1S/C12H15BrN2O3S/c1-18-12(17)10(3-4-19-2)15-11(16)8-5-9(13)7-14-6-8/h5-7,10H,3-4H2,1-2H3,(H,15,16)/t10-/m0/s1. The zero-order valence-corrected chi connectivity index (χ0v) is 13.1. The van der Waals surface area contributed by atoms with Crippen LogP contribution in [0.5, 0.6) is 0 Å². The summed E-state index contributed by atoms with van der Waals surface area (Å²) in [4.78, 5) is 27.5. The Morgan fingerprint density at radius 1 is 1.53 bits per heavy atom. The Morgan fingerprint density at radius 3 is 2.84 bits per heavy atom. The van der Waals surface area contributed by atoms with Crippen molar-refractivity contribution in [1.82, 2.24) is 10.3 Å². The number of nitrogens with one attached hydrogen (secondary N) is 1. The maximum Gasteiger partial charge on any atom is 0.328 e. The van der Waals surface area contributed by atoms with Crippen LogP contribution in [-0.2, 0) is 9.53 Å². The molecule has 0 aliphatic heterocycles. The zero-order chi connectivity index (χ0) is 14.3. The van der Waals surface area contributed by atoms with Crippen LogP contribution in [-0.4, -0.2) is 42.0 Å². The molecule has 7 heteroatoms. The van der Waals surface area contributed by atoms with E-state index in [2.05, 4.69) is 31.0 Å². The molecule has 1 heterocycles. The predicted molar refractivity (Wildman–Crippen MR) is 78.2 cm³/mol. The monoisotopic (exact) mass is 346 g/mol. The summed E-state index contributed by atoms with van der Waals surface area (Å²) >= 11 is 4.85. The number of hydrogen-bond acceptors (Lipinski definition) is 5. The summed E-state index contributed by atoms with van der Waals surface area (Å²) in [5.74, 6) is -0.0211. The smallest absolute Gasteiger partial charge is 0.328 e. The quantitative estimate of drug-likeness (QED) is 0.796. The highest BCUT2D eigenvalue weighted by molar-refractivity contribution is 9.10. The van der Waals surface area contributed by atoms with Gasteiger partial charge in [0, 0.05) is 16.9 Å². The first-order valence-corrected chi connectivity index (χ1v) is 7.75. The van der Waals surface area contributed by atoms with Gasteiger partial charge in [0.2, 0.25) is 0 Å². The van der Waals surface area contributed by atoms with Gasteiger partial charge in [-0.15, -0.1) is 0 Å². The van der Waals surface area contributed by atoms with Gasteiger partial charge >= 0.3 is 5.97 Å². The van der Waals surface area contributed by atoms with Gasteiger partial charge in [0.25, 0.3) is 5.91 Å². The van der Waals surface area contributed by atoms with E-state index in [1.807, 2.05) is 6.26 Å². The van der Waals surface area contributed by atoms with E-state index in [0.717, 1.165) is 5.75 Å². The molecule has 19 heavy (non-hydrogen) atoms. The Balaban J connectivity index is 2.72. The van der Waals surface area contributed by atoms with Crippen LogP contribution >= 0.6 is 27.7 Å². The third-order valence-electron chi connectivity index (χ3n) is 2.37. The topological polar surface area (TPSA) is 68.3 Å². The van der Waals surface area contributed by atoms with Crippen LogP contribution < -0.4 is 5.32 Å². The van der Waals surface area contributed by atoms with Crippen molar-refractivity contribution in [3.05, 3.63) is 28.5 Å². The molecule has 0 aromatic carbocycles. The molecule has 1 rings (SSSR count). The molecule has 1 amide bonds. The average Bonchev–Trinajstić information content (AvgIpc) is 2.42. The fourth-order valence-electron chi connectivity index (χ4n) is 1.40. The molecule has 0 saturated carbocycles. The number of methoxy groups -OCH3 is 1. The van der Waals surface area contributed by atoms with Gasteiger partial charge in [-0.05, 0) is 40.4 Å². The van der Waals surface area contributed by atoms with Crippen molar-refractivity contribution in [1.29, 1.82) is 0 Å². The summed E-state index contributed by atoms with van der Waals surface area (Å²) in [6.07, 6.45) is 5.50. The van der Waals surface area contributed by atoms with Crippen LogP contribution in [0.4, 0.5) is 0 Å². The molecule has 5 nitrogen and oxygen atoms in total. The lowest BCUT2D eigenvalue weighted by Gasteiger charge is -2.15. The molecule has 1 atom stereocenters. The van der Waals surface area contributed by atoms with Crippen LogP contribution in [0.3, 0.4) is 0 Å². The molecule has 0 radical (unpaired) electrons. The van der Waals surface area contributed by atoms with Crippen molar-refractivity contribution in [3.63, 3.8) is 0 Å². The number of thioether (sulfide) groups is 1. The fraction of sp³-hybridized carbons (Fsp3) is 0.417. The third-order valence-corrected chi connectivity index (χ3v) is 3.45. The molecular weight excluding hydrogens is 332 g/mol. The van der Waals surface area contributed by atoms with Gasteiger partial charge in [-0.2, -0.15) is 11.8 Å². The number of aromatic nitrogens is 1. The van der Waals surface area contributed by atoms with E-state index in [1.54, 1.807) is 24.0 Å². The Kier molecular flexibility index (Phi) is 6.86. The lowest BCUT2D eigenvalue weighted by atomic mass is 10.2. The summed E-state index contributed by atoms with van der Waals surface area (Å²) in [6, 6.07) is 1.01. The van der Waals surface area contributed by atoms with E-state index in [0.29, 0.717) is 16.5 Å². The summed E-state index contributed by atoms with van der Waals surface area (Å²) in [7, 11) is 1.31. The molecule has 0 spiro atoms. The van der Waals surface area contributed by atoms with E-state index in [4.69, 9.17) is 0 Å². The number of ether oxygens (including phenoxy) is 1. The first kappa shape index (κ1) is 16.0. The largest absolute Gasteiger partial charge is 0.467 e. The molecular formula is C12H15BrN2O3S. The third kappa shape index (κ3) is 5.20. The Bertz CT molecular complexity index is 456. The van der Waals surface area contributed by atoms with Gasteiger partial charge in [-0.3, -0.25) is 9.78 Å². The average molecular weight is 347 g/mol. The lowest BCUT2D eigenvalue weighted by molar-refractivity contribution is -0.142. The maximum absolute atomic E-state index is 12.0. The highest BCUT2D eigenvalue weighted by Gasteiger charge is 2.21. The summed E-state index contributed by atoms with van der Waals surface area (Å²) in [5.41, 5.74) is 0.396. The number of pyridine rings is 1. The van der Waals surface area contributed by atoms with E-state index in [1.165, 1.54) is 13.3 Å².